The summed E-state index contributed by atoms with van der Waals surface area (Å²) in [6, 6.07) is 9.26. The summed E-state index contributed by atoms with van der Waals surface area (Å²) in [5.41, 5.74) is 3.59. The number of H-pyrrole nitrogens is 1. The summed E-state index contributed by atoms with van der Waals surface area (Å²) in [6.45, 7) is 1.02. The number of nitrogens with zero attached hydrogens (tertiary/aromatic N) is 1. The number of carbonyl (C=O) groups excluding carboxylic acids is 2. The van der Waals surface area contributed by atoms with Crippen molar-refractivity contribution in [2.45, 2.75) is 17.1 Å². The van der Waals surface area contributed by atoms with Gasteiger partial charge in [0.15, 0.2) is 6.61 Å². The van der Waals surface area contributed by atoms with Crippen LogP contribution in [0.15, 0.2) is 44.8 Å². The molecule has 0 spiro atoms. The molecule has 0 aliphatic carbocycles. The van der Waals surface area contributed by atoms with Crippen molar-refractivity contribution in [2.24, 2.45) is 7.05 Å². The van der Waals surface area contributed by atoms with Crippen LogP contribution in [0.25, 0.3) is 0 Å². The van der Waals surface area contributed by atoms with Crippen molar-refractivity contribution >= 4 is 29.3 Å². The molecule has 8 nitrogen and oxygen atoms in total. The van der Waals surface area contributed by atoms with Gasteiger partial charge < -0.3 is 10.5 Å². The number of benzene rings is 1. The first-order chi connectivity index (χ1) is 11.8. The molecule has 0 aliphatic rings. The van der Waals surface area contributed by atoms with Crippen LogP contribution in [-0.4, -0.2) is 33.2 Å². The largest absolute Gasteiger partial charge is 0.456 e. The number of thioether (sulfide) groups is 1. The lowest BCUT2D eigenvalue weighted by atomic mass is 10.2. The number of hydrogen-bond donors (Lipinski definition) is 2. The number of anilines is 1. The molecule has 9 heteroatoms. The molecule has 1 aromatic carbocycles. The Morgan fingerprint density at radius 2 is 1.92 bits per heavy atom. The minimum Gasteiger partial charge on any atom is -0.456 e. The molecule has 25 heavy (non-hydrogen) atoms. The SMILES string of the molecule is C[C@H](Sc1ccccc1)C(=O)OCC(=O)c1c(N)n(C)c(=O)[nH]c1=O. The van der Waals surface area contributed by atoms with E-state index in [1.54, 1.807) is 6.92 Å². The normalized spacial score (nSPS) is 11.8. The molecular formula is C16H17N3O5S. The Bertz CT molecular complexity index is 904. The van der Waals surface area contributed by atoms with Crippen molar-refractivity contribution in [1.29, 1.82) is 0 Å². The molecule has 2 rings (SSSR count). The molecular weight excluding hydrogens is 346 g/mol. The van der Waals surface area contributed by atoms with Gasteiger partial charge in [-0.3, -0.25) is 23.9 Å². The molecule has 0 amide bonds. The molecule has 0 fully saturated rings. The standard InChI is InChI=1S/C16H17N3O5S/c1-9(25-10-6-4-3-5-7-10)15(22)24-8-11(20)12-13(17)19(2)16(23)18-14(12)21/h3-7,9H,8,17H2,1-2H3,(H,18,21,23)/t9-/m0/s1. The Labute approximate surface area is 147 Å². The Kier molecular flexibility index (Phi) is 5.81. The third-order valence-corrected chi connectivity index (χ3v) is 4.47. The van der Waals surface area contributed by atoms with Gasteiger partial charge in [-0.2, -0.15) is 0 Å². The monoisotopic (exact) mass is 363 g/mol. The minimum atomic E-state index is -0.909. The highest BCUT2D eigenvalue weighted by atomic mass is 32.2. The van der Waals surface area contributed by atoms with E-state index in [1.807, 2.05) is 35.3 Å². The van der Waals surface area contributed by atoms with E-state index in [0.29, 0.717) is 0 Å². The maximum atomic E-state index is 12.1. The summed E-state index contributed by atoms with van der Waals surface area (Å²) in [5.74, 6) is -1.65. The predicted octanol–water partition coefficient (Wildman–Crippen LogP) is 0.562. The predicted molar refractivity (Wildman–Crippen MR) is 93.8 cm³/mol. The topological polar surface area (TPSA) is 124 Å². The lowest BCUT2D eigenvalue weighted by Gasteiger charge is -2.11. The van der Waals surface area contributed by atoms with Gasteiger partial charge in [-0.1, -0.05) is 18.2 Å². The van der Waals surface area contributed by atoms with E-state index in [1.165, 1.54) is 18.8 Å². The second kappa shape index (κ2) is 7.84. The second-order valence-corrected chi connectivity index (χ2v) is 6.60. The van der Waals surface area contributed by atoms with Crippen molar-refractivity contribution in [3.05, 3.63) is 56.7 Å². The molecule has 1 heterocycles. The van der Waals surface area contributed by atoms with E-state index < -0.39 is 40.4 Å². The number of Topliss-reactive ketones (excluding diaryl/α,β-unsaturated/α-hetero) is 1. The fourth-order valence-corrected chi connectivity index (χ4v) is 2.87. The van der Waals surface area contributed by atoms with Crippen LogP contribution in [0.2, 0.25) is 0 Å². The van der Waals surface area contributed by atoms with Crippen molar-refractivity contribution in [3.8, 4) is 0 Å². The molecule has 1 atom stereocenters. The van der Waals surface area contributed by atoms with Gasteiger partial charge in [0, 0.05) is 11.9 Å². The van der Waals surface area contributed by atoms with Crippen molar-refractivity contribution in [3.63, 3.8) is 0 Å². The lowest BCUT2D eigenvalue weighted by molar-refractivity contribution is -0.141. The number of carbonyl (C=O) groups is 2. The van der Waals surface area contributed by atoms with Gasteiger partial charge in [0.1, 0.15) is 16.6 Å². The molecule has 132 valence electrons. The van der Waals surface area contributed by atoms with Gasteiger partial charge in [0.05, 0.1) is 0 Å². The van der Waals surface area contributed by atoms with Gasteiger partial charge in [-0.05, 0) is 19.1 Å². The third-order valence-electron chi connectivity index (χ3n) is 3.38. The second-order valence-electron chi connectivity index (χ2n) is 5.18. The average Bonchev–Trinajstić information content (AvgIpc) is 2.58. The number of nitrogen functional groups attached to an aromatic ring is 1. The number of aromatic amines is 1. The number of ether oxygens (including phenoxy) is 1. The molecule has 2 aromatic rings. The maximum absolute atomic E-state index is 12.1. The summed E-state index contributed by atoms with van der Waals surface area (Å²) in [4.78, 5) is 50.2. The average molecular weight is 363 g/mol. The fourth-order valence-electron chi connectivity index (χ4n) is 1.98. The van der Waals surface area contributed by atoms with Crippen LogP contribution in [-0.2, 0) is 16.6 Å². The molecule has 0 saturated carbocycles. The highest BCUT2D eigenvalue weighted by Gasteiger charge is 2.22. The third kappa shape index (κ3) is 4.38. The van der Waals surface area contributed by atoms with Gasteiger partial charge in [0.2, 0.25) is 5.78 Å². The first-order valence-electron chi connectivity index (χ1n) is 7.31. The maximum Gasteiger partial charge on any atom is 0.329 e. The number of nitrogens with one attached hydrogen (secondary N) is 1. The van der Waals surface area contributed by atoms with Crippen molar-refractivity contribution in [2.75, 3.05) is 12.3 Å². The number of rotatable bonds is 6. The summed E-state index contributed by atoms with van der Waals surface area (Å²) >= 11 is 1.29. The van der Waals surface area contributed by atoms with Crippen LogP contribution in [0.4, 0.5) is 5.82 Å². The molecule has 0 bridgehead atoms. The Hall–Kier alpha value is -2.81. The Morgan fingerprint density at radius 1 is 1.28 bits per heavy atom. The summed E-state index contributed by atoms with van der Waals surface area (Å²) in [5, 5.41) is -0.536. The molecule has 3 N–H and O–H groups in total. The van der Waals surface area contributed by atoms with Crippen LogP contribution in [0, 0.1) is 0 Å². The summed E-state index contributed by atoms with van der Waals surface area (Å²) in [6.07, 6.45) is 0. The fraction of sp³-hybridized carbons (Fsp3) is 0.250. The van der Waals surface area contributed by atoms with Gasteiger partial charge in [-0.25, -0.2) is 4.79 Å². The van der Waals surface area contributed by atoms with Crippen molar-refractivity contribution in [1.82, 2.24) is 9.55 Å². The molecule has 0 radical (unpaired) electrons. The van der Waals surface area contributed by atoms with Gasteiger partial charge in [-0.15, -0.1) is 11.8 Å². The number of esters is 1. The zero-order valence-corrected chi connectivity index (χ0v) is 14.5. The summed E-state index contributed by atoms with van der Waals surface area (Å²) in [7, 11) is 1.31. The molecule has 1 aromatic heterocycles. The van der Waals surface area contributed by atoms with Crippen molar-refractivity contribution < 1.29 is 14.3 Å². The first kappa shape index (κ1) is 18.5. The van der Waals surface area contributed by atoms with Gasteiger partial charge >= 0.3 is 11.7 Å². The summed E-state index contributed by atoms with van der Waals surface area (Å²) < 4.78 is 5.90. The Morgan fingerprint density at radius 3 is 2.56 bits per heavy atom. The van der Waals surface area contributed by atoms with Crippen LogP contribution >= 0.6 is 11.8 Å². The first-order valence-corrected chi connectivity index (χ1v) is 8.19. The molecule has 0 unspecified atom stereocenters. The number of hydrogen-bond acceptors (Lipinski definition) is 7. The Balaban J connectivity index is 2.03. The molecule has 0 saturated heterocycles. The number of nitrogens with two attached hydrogens (primary N) is 1. The zero-order chi connectivity index (χ0) is 18.6. The van der Waals surface area contributed by atoms with E-state index in [-0.39, 0.29) is 5.82 Å². The molecule has 0 aliphatic heterocycles. The van der Waals surface area contributed by atoms with Crippen LogP contribution in [0.1, 0.15) is 17.3 Å². The van der Waals surface area contributed by atoms with E-state index in [9.17, 15) is 19.2 Å². The van der Waals surface area contributed by atoms with E-state index in [2.05, 4.69) is 0 Å². The van der Waals surface area contributed by atoms with E-state index >= 15 is 0 Å². The minimum absolute atomic E-state index is 0.276. The number of ketones is 1. The van der Waals surface area contributed by atoms with Gasteiger partial charge in [0.25, 0.3) is 5.56 Å². The van der Waals surface area contributed by atoms with Crippen LogP contribution in [0.5, 0.6) is 0 Å². The van der Waals surface area contributed by atoms with Crippen LogP contribution < -0.4 is 17.0 Å². The van der Waals surface area contributed by atoms with E-state index in [0.717, 1.165) is 9.46 Å². The highest BCUT2D eigenvalue weighted by molar-refractivity contribution is 8.00. The van der Waals surface area contributed by atoms with E-state index in [4.69, 9.17) is 10.5 Å². The smallest absolute Gasteiger partial charge is 0.329 e. The van der Waals surface area contributed by atoms with Crippen LogP contribution in [0.3, 0.4) is 0 Å². The lowest BCUT2D eigenvalue weighted by Crippen LogP contribution is -2.36. The quantitative estimate of drug-likeness (QED) is 0.436. The highest BCUT2D eigenvalue weighted by Crippen LogP contribution is 2.23. The zero-order valence-electron chi connectivity index (χ0n) is 13.6. The number of aromatic nitrogens is 2.